The molecule has 4 nitrogen and oxygen atoms in total. The van der Waals surface area contributed by atoms with Crippen molar-refractivity contribution in [3.05, 3.63) is 52.6 Å². The Kier molecular flexibility index (Phi) is 4.04. The Balaban J connectivity index is 1.91. The van der Waals surface area contributed by atoms with Crippen molar-refractivity contribution in [2.45, 2.75) is 0 Å². The lowest BCUT2D eigenvalue weighted by Gasteiger charge is -2.04. The molecule has 1 aromatic heterocycles. The number of carbonyl (C=O) groups excluding carboxylic acids is 1. The van der Waals surface area contributed by atoms with Crippen molar-refractivity contribution in [3.63, 3.8) is 0 Å². The van der Waals surface area contributed by atoms with Crippen LogP contribution in [0.5, 0.6) is 0 Å². The molecule has 0 atom stereocenters. The number of nitrogens with zero attached hydrogens (tertiary/aromatic N) is 2. The van der Waals surface area contributed by atoms with Crippen LogP contribution in [0, 0.1) is 11.6 Å². The molecule has 0 spiro atoms. The van der Waals surface area contributed by atoms with E-state index in [0.29, 0.717) is 15.8 Å². The van der Waals surface area contributed by atoms with E-state index in [0.717, 1.165) is 12.1 Å². The van der Waals surface area contributed by atoms with Gasteiger partial charge in [0, 0.05) is 26.2 Å². The predicted octanol–water partition coefficient (Wildman–Crippen LogP) is 3.76. The molecule has 2 aromatic rings. The molecule has 1 aliphatic heterocycles. The van der Waals surface area contributed by atoms with Crippen molar-refractivity contribution in [2.24, 2.45) is 4.99 Å². The maximum Gasteiger partial charge on any atom is 0.266 e. The van der Waals surface area contributed by atoms with Gasteiger partial charge in [-0.25, -0.2) is 8.78 Å². The van der Waals surface area contributed by atoms with Gasteiger partial charge in [0.25, 0.3) is 5.91 Å². The van der Waals surface area contributed by atoms with Gasteiger partial charge in [-0.3, -0.25) is 14.7 Å². The van der Waals surface area contributed by atoms with Crippen LogP contribution in [0.3, 0.4) is 0 Å². The highest BCUT2D eigenvalue weighted by atomic mass is 32.2. The van der Waals surface area contributed by atoms with Crippen molar-refractivity contribution in [1.29, 1.82) is 0 Å². The average Bonchev–Trinajstić information content (AvgIpc) is 3.07. The van der Waals surface area contributed by atoms with E-state index >= 15 is 0 Å². The lowest BCUT2D eigenvalue weighted by Crippen LogP contribution is -2.23. The molecule has 7 heteroatoms. The molecular formula is C16H12F2N2O2S. The van der Waals surface area contributed by atoms with Gasteiger partial charge >= 0.3 is 0 Å². The summed E-state index contributed by atoms with van der Waals surface area (Å²) in [5.74, 6) is -0.859. The fourth-order valence-corrected chi connectivity index (χ4v) is 3.05. The lowest BCUT2D eigenvalue weighted by atomic mass is 10.1. The largest absolute Gasteiger partial charge is 0.457 e. The summed E-state index contributed by atoms with van der Waals surface area (Å²) in [5, 5.41) is 0.595. The first-order chi connectivity index (χ1) is 11.0. The molecule has 0 aliphatic carbocycles. The van der Waals surface area contributed by atoms with Gasteiger partial charge in [-0.15, -0.1) is 0 Å². The molecule has 1 aliphatic rings. The van der Waals surface area contributed by atoms with Crippen LogP contribution in [0.2, 0.25) is 0 Å². The predicted molar refractivity (Wildman–Crippen MR) is 85.8 cm³/mol. The fraction of sp³-hybridized carbons (Fsp3) is 0.125. The molecule has 23 heavy (non-hydrogen) atoms. The van der Waals surface area contributed by atoms with Gasteiger partial charge < -0.3 is 4.42 Å². The second-order valence-electron chi connectivity index (χ2n) is 4.81. The number of benzene rings is 1. The van der Waals surface area contributed by atoms with E-state index in [4.69, 9.17) is 4.42 Å². The second-order valence-corrected chi connectivity index (χ2v) is 5.82. The molecule has 0 N–H and O–H groups in total. The summed E-state index contributed by atoms with van der Waals surface area (Å²) in [7, 11) is 3.25. The Morgan fingerprint density at radius 3 is 2.70 bits per heavy atom. The zero-order valence-corrected chi connectivity index (χ0v) is 13.2. The van der Waals surface area contributed by atoms with E-state index < -0.39 is 11.6 Å². The van der Waals surface area contributed by atoms with E-state index in [-0.39, 0.29) is 17.2 Å². The van der Waals surface area contributed by atoms with Gasteiger partial charge in [-0.05, 0) is 36.0 Å². The molecule has 0 unspecified atom stereocenters. The van der Waals surface area contributed by atoms with Crippen LogP contribution >= 0.6 is 11.8 Å². The van der Waals surface area contributed by atoms with Gasteiger partial charge in [-0.1, -0.05) is 0 Å². The fourth-order valence-electron chi connectivity index (χ4n) is 2.14. The number of aliphatic imine (C=N–C) groups is 1. The molecule has 1 amide bonds. The van der Waals surface area contributed by atoms with Gasteiger partial charge in [0.05, 0.1) is 10.5 Å². The van der Waals surface area contributed by atoms with Crippen molar-refractivity contribution in [3.8, 4) is 11.3 Å². The zero-order valence-electron chi connectivity index (χ0n) is 12.3. The number of hydrogen-bond acceptors (Lipinski definition) is 4. The van der Waals surface area contributed by atoms with Crippen molar-refractivity contribution in [1.82, 2.24) is 4.90 Å². The molecule has 1 saturated heterocycles. The summed E-state index contributed by atoms with van der Waals surface area (Å²) in [4.78, 5) is 18.0. The highest BCUT2D eigenvalue weighted by Crippen LogP contribution is 2.33. The minimum Gasteiger partial charge on any atom is -0.457 e. The maximum atomic E-state index is 13.8. The van der Waals surface area contributed by atoms with Gasteiger partial charge in [0.1, 0.15) is 23.2 Å². The number of thioether (sulfide) groups is 1. The Morgan fingerprint density at radius 1 is 1.26 bits per heavy atom. The topological polar surface area (TPSA) is 45.8 Å². The van der Waals surface area contributed by atoms with Gasteiger partial charge in [0.2, 0.25) is 0 Å². The molecule has 1 aromatic carbocycles. The van der Waals surface area contributed by atoms with E-state index in [1.807, 2.05) is 0 Å². The van der Waals surface area contributed by atoms with Crippen LogP contribution in [0.15, 0.2) is 44.6 Å². The molecule has 0 bridgehead atoms. The number of rotatable bonds is 2. The molecule has 118 valence electrons. The Hall–Kier alpha value is -2.41. The summed E-state index contributed by atoms with van der Waals surface area (Å²) < 4.78 is 32.3. The average molecular weight is 334 g/mol. The van der Waals surface area contributed by atoms with Crippen LogP contribution in [-0.4, -0.2) is 30.1 Å². The third-order valence-electron chi connectivity index (χ3n) is 3.29. The van der Waals surface area contributed by atoms with Crippen LogP contribution in [-0.2, 0) is 4.79 Å². The number of hydrogen-bond donors (Lipinski definition) is 0. The Bertz CT molecular complexity index is 842. The van der Waals surface area contributed by atoms with Crippen molar-refractivity contribution >= 4 is 28.9 Å². The molecule has 3 rings (SSSR count). The quantitative estimate of drug-likeness (QED) is 0.786. The SMILES string of the molecule is CN=C1S/C(=C/c2ccc(-c3ccc(F)cc3F)o2)C(=O)N1C. The van der Waals surface area contributed by atoms with Crippen LogP contribution in [0.1, 0.15) is 5.76 Å². The molecule has 2 heterocycles. The number of likely N-dealkylation sites (N-methyl/N-ethyl adjacent to an activating group) is 1. The number of furan rings is 1. The van der Waals surface area contributed by atoms with Crippen LogP contribution in [0.25, 0.3) is 17.4 Å². The van der Waals surface area contributed by atoms with Crippen molar-refractivity contribution in [2.75, 3.05) is 14.1 Å². The normalized spacial score (nSPS) is 18.4. The Morgan fingerprint density at radius 2 is 2.04 bits per heavy atom. The molecule has 0 radical (unpaired) electrons. The summed E-state index contributed by atoms with van der Waals surface area (Å²) in [6.45, 7) is 0. The summed E-state index contributed by atoms with van der Waals surface area (Å²) in [5.41, 5.74) is 0.161. The second kappa shape index (κ2) is 6.00. The standard InChI is InChI=1S/C16H12F2N2O2S/c1-19-16-20(2)15(21)14(23-16)8-10-4-6-13(22-10)11-5-3-9(17)7-12(11)18/h3-8H,1-2H3/b14-8+,19-16?. The first-order valence-corrected chi connectivity index (χ1v) is 7.51. The smallest absolute Gasteiger partial charge is 0.266 e. The molecule has 0 saturated carbocycles. The van der Waals surface area contributed by atoms with Gasteiger partial charge in [0.15, 0.2) is 5.17 Å². The zero-order chi connectivity index (χ0) is 16.6. The number of carbonyl (C=O) groups is 1. The number of amides is 1. The molecular weight excluding hydrogens is 322 g/mol. The van der Waals surface area contributed by atoms with E-state index in [1.165, 1.54) is 22.7 Å². The summed E-state index contributed by atoms with van der Waals surface area (Å²) in [6, 6.07) is 6.47. The number of halogens is 2. The lowest BCUT2D eigenvalue weighted by molar-refractivity contribution is -0.121. The first kappa shape index (κ1) is 15.5. The monoisotopic (exact) mass is 334 g/mol. The highest BCUT2D eigenvalue weighted by molar-refractivity contribution is 8.18. The third-order valence-corrected chi connectivity index (χ3v) is 4.44. The van der Waals surface area contributed by atoms with Crippen molar-refractivity contribution < 1.29 is 18.0 Å². The summed E-state index contributed by atoms with van der Waals surface area (Å²) >= 11 is 1.24. The van der Waals surface area contributed by atoms with E-state index in [2.05, 4.69) is 4.99 Å². The Labute approximate surface area is 135 Å². The third kappa shape index (κ3) is 2.92. The maximum absolute atomic E-state index is 13.8. The summed E-state index contributed by atoms with van der Waals surface area (Å²) in [6.07, 6.45) is 1.58. The van der Waals surface area contributed by atoms with E-state index in [1.54, 1.807) is 32.3 Å². The van der Waals surface area contributed by atoms with Gasteiger partial charge in [-0.2, -0.15) is 0 Å². The van der Waals surface area contributed by atoms with Crippen LogP contribution in [0.4, 0.5) is 8.78 Å². The highest BCUT2D eigenvalue weighted by Gasteiger charge is 2.30. The van der Waals surface area contributed by atoms with Crippen LogP contribution < -0.4 is 0 Å². The van der Waals surface area contributed by atoms with E-state index in [9.17, 15) is 13.6 Å². The number of amidine groups is 1. The molecule has 1 fully saturated rings. The first-order valence-electron chi connectivity index (χ1n) is 6.69. The minimum absolute atomic E-state index is 0.161. The minimum atomic E-state index is -0.704.